The summed E-state index contributed by atoms with van der Waals surface area (Å²) in [7, 11) is 0. The Hall–Kier alpha value is -1.34. The van der Waals surface area contributed by atoms with Crippen LogP contribution in [0.4, 0.5) is 19.0 Å². The average Bonchev–Trinajstić information content (AvgIpc) is 2.68. The average molecular weight is 308 g/mol. The van der Waals surface area contributed by atoms with Gasteiger partial charge in [0, 0.05) is 5.02 Å². The van der Waals surface area contributed by atoms with Crippen LogP contribution in [-0.2, 0) is 6.18 Å². The van der Waals surface area contributed by atoms with Gasteiger partial charge in [0.25, 0.3) is 0 Å². The van der Waals surface area contributed by atoms with Crippen molar-refractivity contribution < 1.29 is 13.2 Å². The van der Waals surface area contributed by atoms with Crippen LogP contribution in [0, 0.1) is 0 Å². The fraction of sp³-hybridized carbons (Fsp3) is 0.182. The van der Waals surface area contributed by atoms with Crippen molar-refractivity contribution in [1.82, 2.24) is 10.2 Å². The molecule has 0 aliphatic rings. The number of aromatic amines is 1. The molecule has 0 unspecified atom stereocenters. The number of nitrogens with one attached hydrogen (secondary N) is 1. The van der Waals surface area contributed by atoms with E-state index in [4.69, 9.17) is 17.3 Å². The molecule has 0 spiro atoms. The van der Waals surface area contributed by atoms with Crippen LogP contribution in [0.1, 0.15) is 5.56 Å². The van der Waals surface area contributed by atoms with Gasteiger partial charge in [-0.25, -0.2) is 0 Å². The molecule has 1 aromatic heterocycles. The van der Waals surface area contributed by atoms with Crippen molar-refractivity contribution in [3.63, 3.8) is 0 Å². The molecule has 0 aliphatic carbocycles. The van der Waals surface area contributed by atoms with Gasteiger partial charge in [-0.15, -0.1) is 11.8 Å². The summed E-state index contributed by atoms with van der Waals surface area (Å²) in [6.45, 7) is 0. The Balaban J connectivity index is 2.63. The first-order valence-electron chi connectivity index (χ1n) is 5.09. The number of H-pyrrole nitrogens is 1. The van der Waals surface area contributed by atoms with Crippen LogP contribution in [-0.4, -0.2) is 16.5 Å². The molecule has 0 saturated carbocycles. The predicted molar refractivity (Wildman–Crippen MR) is 70.2 cm³/mol. The Kier molecular flexibility index (Phi) is 3.69. The molecule has 0 saturated heterocycles. The van der Waals surface area contributed by atoms with Gasteiger partial charge in [-0.05, 0) is 30.0 Å². The van der Waals surface area contributed by atoms with Crippen LogP contribution in [0.15, 0.2) is 23.2 Å². The van der Waals surface area contributed by atoms with E-state index in [0.29, 0.717) is 10.6 Å². The highest BCUT2D eigenvalue weighted by molar-refractivity contribution is 7.98. The zero-order chi connectivity index (χ0) is 14.2. The van der Waals surface area contributed by atoms with Gasteiger partial charge in [0.15, 0.2) is 0 Å². The summed E-state index contributed by atoms with van der Waals surface area (Å²) in [5.41, 5.74) is 5.60. The lowest BCUT2D eigenvalue weighted by Crippen LogP contribution is -2.05. The van der Waals surface area contributed by atoms with Gasteiger partial charge in [-0.3, -0.25) is 5.10 Å². The van der Waals surface area contributed by atoms with E-state index in [-0.39, 0.29) is 16.4 Å². The van der Waals surface area contributed by atoms with Crippen LogP contribution in [0.25, 0.3) is 11.1 Å². The second-order valence-corrected chi connectivity index (χ2v) is 4.98. The molecule has 0 atom stereocenters. The molecule has 1 aromatic carbocycles. The minimum Gasteiger partial charge on any atom is -0.384 e. The molecule has 0 bridgehead atoms. The number of nitrogens with zero attached hydrogens (tertiary/aromatic N) is 1. The third kappa shape index (κ3) is 2.82. The quantitative estimate of drug-likeness (QED) is 0.823. The zero-order valence-electron chi connectivity index (χ0n) is 9.68. The molecule has 8 heteroatoms. The first-order valence-corrected chi connectivity index (χ1v) is 6.69. The van der Waals surface area contributed by atoms with E-state index in [1.54, 1.807) is 6.26 Å². The third-order valence-corrected chi connectivity index (χ3v) is 3.37. The molecule has 0 aliphatic heterocycles. The maximum atomic E-state index is 12.8. The van der Waals surface area contributed by atoms with E-state index in [1.807, 2.05) is 0 Å². The standard InChI is InChI=1S/C11H9ClF3N3S/c1-19-10-8(9(16)17-18-10)5-2-6(11(13,14)15)4-7(12)3-5/h2-4H,1H3,(H3,16,17,18). The number of benzene rings is 1. The van der Waals surface area contributed by atoms with Gasteiger partial charge in [0.2, 0.25) is 0 Å². The first-order chi connectivity index (χ1) is 8.82. The number of nitrogens with two attached hydrogens (primary N) is 1. The molecule has 19 heavy (non-hydrogen) atoms. The lowest BCUT2D eigenvalue weighted by Gasteiger charge is -2.10. The van der Waals surface area contributed by atoms with Crippen LogP contribution in [0.2, 0.25) is 5.02 Å². The SMILES string of the molecule is CSc1n[nH]c(N)c1-c1cc(Cl)cc(C(F)(F)F)c1. The van der Waals surface area contributed by atoms with Crippen molar-refractivity contribution in [2.45, 2.75) is 11.2 Å². The van der Waals surface area contributed by atoms with Crippen LogP contribution in [0.5, 0.6) is 0 Å². The number of rotatable bonds is 2. The Labute approximate surface area is 116 Å². The van der Waals surface area contributed by atoms with Crippen LogP contribution >= 0.6 is 23.4 Å². The van der Waals surface area contributed by atoms with Crippen molar-refractivity contribution in [3.05, 3.63) is 28.8 Å². The number of hydrogen-bond acceptors (Lipinski definition) is 3. The van der Waals surface area contributed by atoms with Gasteiger partial charge < -0.3 is 5.73 Å². The van der Waals surface area contributed by atoms with Crippen molar-refractivity contribution >= 4 is 29.2 Å². The largest absolute Gasteiger partial charge is 0.416 e. The molecule has 102 valence electrons. The molecule has 3 N–H and O–H groups in total. The van der Waals surface area contributed by atoms with Gasteiger partial charge in [0.05, 0.1) is 11.1 Å². The molecule has 2 aromatic rings. The van der Waals surface area contributed by atoms with E-state index in [9.17, 15) is 13.2 Å². The lowest BCUT2D eigenvalue weighted by molar-refractivity contribution is -0.137. The Morgan fingerprint density at radius 1 is 1.32 bits per heavy atom. The normalized spacial score (nSPS) is 11.8. The minimum atomic E-state index is -4.46. The van der Waals surface area contributed by atoms with E-state index in [2.05, 4.69) is 10.2 Å². The van der Waals surface area contributed by atoms with Gasteiger partial charge in [-0.1, -0.05) is 11.6 Å². The molecule has 2 rings (SSSR count). The van der Waals surface area contributed by atoms with Gasteiger partial charge >= 0.3 is 6.18 Å². The number of hydrogen-bond donors (Lipinski definition) is 2. The molecular formula is C11H9ClF3N3S. The number of alkyl halides is 3. The summed E-state index contributed by atoms with van der Waals surface area (Å²) in [5.74, 6) is 0.208. The van der Waals surface area contributed by atoms with E-state index < -0.39 is 11.7 Å². The van der Waals surface area contributed by atoms with E-state index in [0.717, 1.165) is 12.1 Å². The number of aromatic nitrogens is 2. The Morgan fingerprint density at radius 3 is 2.58 bits per heavy atom. The highest BCUT2D eigenvalue weighted by Gasteiger charge is 2.31. The molecule has 0 fully saturated rings. The molecule has 0 amide bonds. The summed E-state index contributed by atoms with van der Waals surface area (Å²) in [4.78, 5) is 0. The smallest absolute Gasteiger partial charge is 0.384 e. The monoisotopic (exact) mass is 307 g/mol. The van der Waals surface area contributed by atoms with Crippen molar-refractivity contribution in [2.75, 3.05) is 12.0 Å². The first kappa shape index (κ1) is 14.1. The molecular weight excluding hydrogens is 299 g/mol. The molecule has 3 nitrogen and oxygen atoms in total. The lowest BCUT2D eigenvalue weighted by atomic mass is 10.1. The fourth-order valence-electron chi connectivity index (χ4n) is 1.66. The van der Waals surface area contributed by atoms with Crippen LogP contribution < -0.4 is 5.73 Å². The van der Waals surface area contributed by atoms with Crippen LogP contribution in [0.3, 0.4) is 0 Å². The fourth-order valence-corrected chi connectivity index (χ4v) is 2.47. The minimum absolute atomic E-state index is 0.00234. The Bertz CT molecular complexity index is 610. The van der Waals surface area contributed by atoms with Gasteiger partial charge in [0.1, 0.15) is 10.8 Å². The highest BCUT2D eigenvalue weighted by Crippen LogP contribution is 2.38. The maximum Gasteiger partial charge on any atom is 0.416 e. The van der Waals surface area contributed by atoms with Crippen molar-refractivity contribution in [2.24, 2.45) is 0 Å². The molecule has 1 heterocycles. The molecule has 0 radical (unpaired) electrons. The summed E-state index contributed by atoms with van der Waals surface area (Å²) in [6, 6.07) is 3.31. The zero-order valence-corrected chi connectivity index (χ0v) is 11.2. The summed E-state index contributed by atoms with van der Waals surface area (Å²) in [6.07, 6.45) is -2.70. The predicted octanol–water partition coefficient (Wildman–Crippen LogP) is 4.05. The number of anilines is 1. The summed E-state index contributed by atoms with van der Waals surface area (Å²) < 4.78 is 38.3. The van der Waals surface area contributed by atoms with E-state index in [1.165, 1.54) is 17.8 Å². The maximum absolute atomic E-state index is 12.8. The number of halogens is 4. The second kappa shape index (κ2) is 4.97. The van der Waals surface area contributed by atoms with Crippen molar-refractivity contribution in [1.29, 1.82) is 0 Å². The topological polar surface area (TPSA) is 54.7 Å². The van der Waals surface area contributed by atoms with Gasteiger partial charge in [-0.2, -0.15) is 18.3 Å². The highest BCUT2D eigenvalue weighted by atomic mass is 35.5. The number of thioether (sulfide) groups is 1. The summed E-state index contributed by atoms with van der Waals surface area (Å²) in [5, 5.41) is 6.99. The third-order valence-electron chi connectivity index (χ3n) is 2.47. The summed E-state index contributed by atoms with van der Waals surface area (Å²) >= 11 is 7.03. The Morgan fingerprint density at radius 2 is 2.00 bits per heavy atom. The second-order valence-electron chi connectivity index (χ2n) is 3.75. The number of nitrogen functional groups attached to an aromatic ring is 1. The van der Waals surface area contributed by atoms with Crippen molar-refractivity contribution in [3.8, 4) is 11.1 Å². The van der Waals surface area contributed by atoms with E-state index >= 15 is 0 Å².